The number of benzene rings is 1. The SMILES string of the molecule is Cc1cccc2c1CO[C@@H](C)[C@H]2N. The fraction of sp³-hybridized carbons (Fsp3) is 0.455. The van der Waals surface area contributed by atoms with E-state index in [1.807, 2.05) is 6.92 Å². The predicted octanol–water partition coefficient (Wildman–Crippen LogP) is 1.91. The largest absolute Gasteiger partial charge is 0.372 e. The van der Waals surface area contributed by atoms with E-state index < -0.39 is 0 Å². The summed E-state index contributed by atoms with van der Waals surface area (Å²) in [5, 5.41) is 0. The average molecular weight is 177 g/mol. The van der Waals surface area contributed by atoms with E-state index in [4.69, 9.17) is 10.5 Å². The van der Waals surface area contributed by atoms with Gasteiger partial charge in [0.05, 0.1) is 18.8 Å². The van der Waals surface area contributed by atoms with Crippen molar-refractivity contribution in [1.82, 2.24) is 0 Å². The summed E-state index contributed by atoms with van der Waals surface area (Å²) < 4.78 is 5.57. The quantitative estimate of drug-likeness (QED) is 0.657. The zero-order chi connectivity index (χ0) is 9.42. The maximum absolute atomic E-state index is 6.03. The Bertz CT molecular complexity index is 322. The highest BCUT2D eigenvalue weighted by Gasteiger charge is 2.24. The van der Waals surface area contributed by atoms with E-state index in [9.17, 15) is 0 Å². The Morgan fingerprint density at radius 2 is 2.23 bits per heavy atom. The highest BCUT2D eigenvalue weighted by molar-refractivity contribution is 5.37. The monoisotopic (exact) mass is 177 g/mol. The van der Waals surface area contributed by atoms with Crippen molar-refractivity contribution < 1.29 is 4.74 Å². The minimum atomic E-state index is 0.0312. The predicted molar refractivity (Wildman–Crippen MR) is 52.4 cm³/mol. The van der Waals surface area contributed by atoms with Crippen LogP contribution in [0.1, 0.15) is 29.7 Å². The first-order valence-electron chi connectivity index (χ1n) is 4.65. The molecule has 0 radical (unpaired) electrons. The van der Waals surface area contributed by atoms with Crippen molar-refractivity contribution in [2.75, 3.05) is 0 Å². The number of ether oxygens (including phenoxy) is 1. The van der Waals surface area contributed by atoms with Gasteiger partial charge in [-0.2, -0.15) is 0 Å². The summed E-state index contributed by atoms with van der Waals surface area (Å²) in [7, 11) is 0. The van der Waals surface area contributed by atoms with Gasteiger partial charge in [0.1, 0.15) is 0 Å². The number of hydrogen-bond acceptors (Lipinski definition) is 2. The van der Waals surface area contributed by atoms with Crippen LogP contribution in [-0.4, -0.2) is 6.10 Å². The summed E-state index contributed by atoms with van der Waals surface area (Å²) in [4.78, 5) is 0. The van der Waals surface area contributed by atoms with Crippen molar-refractivity contribution in [1.29, 1.82) is 0 Å². The summed E-state index contributed by atoms with van der Waals surface area (Å²) in [5.41, 5.74) is 9.83. The maximum atomic E-state index is 6.03. The molecule has 0 saturated carbocycles. The Morgan fingerprint density at radius 3 is 3.00 bits per heavy atom. The van der Waals surface area contributed by atoms with E-state index in [0.717, 1.165) is 0 Å². The van der Waals surface area contributed by atoms with E-state index in [1.54, 1.807) is 0 Å². The molecule has 0 saturated heterocycles. The number of fused-ring (bicyclic) bond motifs is 1. The minimum absolute atomic E-state index is 0.0312. The van der Waals surface area contributed by atoms with Gasteiger partial charge in [-0.25, -0.2) is 0 Å². The van der Waals surface area contributed by atoms with Crippen LogP contribution in [-0.2, 0) is 11.3 Å². The van der Waals surface area contributed by atoms with Gasteiger partial charge >= 0.3 is 0 Å². The maximum Gasteiger partial charge on any atom is 0.0744 e. The Kier molecular flexibility index (Phi) is 2.10. The third kappa shape index (κ3) is 1.36. The highest BCUT2D eigenvalue weighted by atomic mass is 16.5. The van der Waals surface area contributed by atoms with Crippen LogP contribution in [0.15, 0.2) is 18.2 Å². The molecule has 2 N–H and O–H groups in total. The lowest BCUT2D eigenvalue weighted by Gasteiger charge is -2.29. The number of rotatable bonds is 0. The van der Waals surface area contributed by atoms with Crippen LogP contribution in [0.3, 0.4) is 0 Å². The van der Waals surface area contributed by atoms with Crippen molar-refractivity contribution in [2.24, 2.45) is 5.73 Å². The average Bonchev–Trinajstić information content (AvgIpc) is 2.12. The molecule has 0 unspecified atom stereocenters. The molecule has 13 heavy (non-hydrogen) atoms. The lowest BCUT2D eigenvalue weighted by molar-refractivity contribution is 0.0210. The van der Waals surface area contributed by atoms with Gasteiger partial charge in [-0.05, 0) is 30.5 Å². The van der Waals surface area contributed by atoms with E-state index in [-0.39, 0.29) is 12.1 Å². The fourth-order valence-corrected chi connectivity index (χ4v) is 1.81. The van der Waals surface area contributed by atoms with Crippen molar-refractivity contribution in [3.63, 3.8) is 0 Å². The van der Waals surface area contributed by atoms with E-state index >= 15 is 0 Å². The normalized spacial score (nSPS) is 27.0. The lowest BCUT2D eigenvalue weighted by Crippen LogP contribution is -2.31. The molecule has 1 aliphatic heterocycles. The van der Waals surface area contributed by atoms with Gasteiger partial charge in [0.15, 0.2) is 0 Å². The molecule has 2 nitrogen and oxygen atoms in total. The molecule has 70 valence electrons. The van der Waals surface area contributed by atoms with Crippen LogP contribution < -0.4 is 5.73 Å². The molecule has 0 amide bonds. The van der Waals surface area contributed by atoms with Gasteiger partial charge in [-0.3, -0.25) is 0 Å². The van der Waals surface area contributed by atoms with Gasteiger partial charge in [0.2, 0.25) is 0 Å². The highest BCUT2D eigenvalue weighted by Crippen LogP contribution is 2.29. The molecule has 2 atom stereocenters. The smallest absolute Gasteiger partial charge is 0.0744 e. The Labute approximate surface area is 78.7 Å². The first-order valence-corrected chi connectivity index (χ1v) is 4.65. The molecule has 0 spiro atoms. The molecule has 2 rings (SSSR count). The summed E-state index contributed by atoms with van der Waals surface area (Å²) in [6.45, 7) is 4.83. The molecule has 0 aliphatic carbocycles. The van der Waals surface area contributed by atoms with Crippen molar-refractivity contribution in [3.05, 3.63) is 34.9 Å². The summed E-state index contributed by atoms with van der Waals surface area (Å²) in [6, 6.07) is 6.30. The summed E-state index contributed by atoms with van der Waals surface area (Å²) >= 11 is 0. The third-order valence-corrected chi connectivity index (χ3v) is 2.80. The molecular formula is C11H15NO. The van der Waals surface area contributed by atoms with Crippen LogP contribution in [0.4, 0.5) is 0 Å². The molecule has 0 aromatic heterocycles. The topological polar surface area (TPSA) is 35.2 Å². The first-order chi connectivity index (χ1) is 6.20. The number of nitrogens with two attached hydrogens (primary N) is 1. The van der Waals surface area contributed by atoms with Crippen molar-refractivity contribution >= 4 is 0 Å². The van der Waals surface area contributed by atoms with Crippen LogP contribution in [0, 0.1) is 6.92 Å². The minimum Gasteiger partial charge on any atom is -0.372 e. The second-order valence-electron chi connectivity index (χ2n) is 3.68. The Morgan fingerprint density at radius 1 is 1.46 bits per heavy atom. The number of aryl methyl sites for hydroxylation is 1. The van der Waals surface area contributed by atoms with E-state index in [1.165, 1.54) is 16.7 Å². The molecule has 1 aliphatic rings. The van der Waals surface area contributed by atoms with Gasteiger partial charge < -0.3 is 10.5 Å². The summed E-state index contributed by atoms with van der Waals surface area (Å²) in [5.74, 6) is 0. The van der Waals surface area contributed by atoms with Crippen LogP contribution in [0.2, 0.25) is 0 Å². The van der Waals surface area contributed by atoms with Crippen molar-refractivity contribution in [2.45, 2.75) is 32.6 Å². The zero-order valence-electron chi connectivity index (χ0n) is 8.08. The molecule has 2 heteroatoms. The van der Waals surface area contributed by atoms with Gasteiger partial charge in [-0.15, -0.1) is 0 Å². The standard InChI is InChI=1S/C11H15NO/c1-7-4-3-5-9-10(7)6-13-8(2)11(9)12/h3-5,8,11H,6,12H2,1-2H3/t8-,11+/m0/s1. The molecule has 1 aromatic rings. The Balaban J connectivity index is 2.49. The van der Waals surface area contributed by atoms with Crippen LogP contribution >= 0.6 is 0 Å². The zero-order valence-corrected chi connectivity index (χ0v) is 8.08. The molecule has 1 aromatic carbocycles. The molecular weight excluding hydrogens is 162 g/mol. The lowest BCUT2D eigenvalue weighted by atomic mass is 9.92. The Hall–Kier alpha value is -0.860. The molecule has 1 heterocycles. The molecule has 0 fully saturated rings. The van der Waals surface area contributed by atoms with Crippen LogP contribution in [0.25, 0.3) is 0 Å². The third-order valence-electron chi connectivity index (χ3n) is 2.80. The first kappa shape index (κ1) is 8.73. The van der Waals surface area contributed by atoms with Crippen LogP contribution in [0.5, 0.6) is 0 Å². The van der Waals surface area contributed by atoms with E-state index in [0.29, 0.717) is 6.61 Å². The fourth-order valence-electron chi connectivity index (χ4n) is 1.81. The second-order valence-corrected chi connectivity index (χ2v) is 3.68. The van der Waals surface area contributed by atoms with Gasteiger partial charge in [0.25, 0.3) is 0 Å². The number of hydrogen-bond donors (Lipinski definition) is 1. The van der Waals surface area contributed by atoms with E-state index in [2.05, 4.69) is 25.1 Å². The summed E-state index contributed by atoms with van der Waals surface area (Å²) in [6.07, 6.45) is 0.134. The van der Waals surface area contributed by atoms with Gasteiger partial charge in [-0.1, -0.05) is 18.2 Å². The second kappa shape index (κ2) is 3.13. The molecule has 0 bridgehead atoms. The van der Waals surface area contributed by atoms with Gasteiger partial charge in [0, 0.05) is 0 Å². The van der Waals surface area contributed by atoms with Crippen molar-refractivity contribution in [3.8, 4) is 0 Å².